The van der Waals surface area contributed by atoms with Crippen LogP contribution in [0.5, 0.6) is 0 Å². The summed E-state index contributed by atoms with van der Waals surface area (Å²) < 4.78 is 0. The van der Waals surface area contributed by atoms with Crippen LogP contribution in [-0.4, -0.2) is 23.9 Å². The molecule has 0 bridgehead atoms. The summed E-state index contributed by atoms with van der Waals surface area (Å²) in [6.07, 6.45) is 2.41. The van der Waals surface area contributed by atoms with E-state index in [1.165, 1.54) is 0 Å². The number of carbonyl (C=O) groups is 1. The first-order valence-electron chi connectivity index (χ1n) is 4.76. The number of hydrogen-bond donors (Lipinski definition) is 0. The van der Waals surface area contributed by atoms with Gasteiger partial charge in [-0.1, -0.05) is 6.92 Å². The SMILES string of the molecule is CCC(C)N(C)C(=O)C1(C#N)CC1. The van der Waals surface area contributed by atoms with Gasteiger partial charge in [-0.15, -0.1) is 0 Å². The standard InChI is InChI=1S/C10H16N2O/c1-4-8(2)12(3)9(13)10(7-11)5-6-10/h8H,4-6H2,1-3H3. The summed E-state index contributed by atoms with van der Waals surface area (Å²) in [5, 5.41) is 8.83. The molecule has 0 aromatic rings. The fourth-order valence-corrected chi connectivity index (χ4v) is 1.31. The van der Waals surface area contributed by atoms with Crippen LogP contribution in [-0.2, 0) is 4.79 Å². The molecule has 1 amide bonds. The number of carbonyl (C=O) groups excluding carboxylic acids is 1. The second-order valence-electron chi connectivity index (χ2n) is 3.87. The van der Waals surface area contributed by atoms with Gasteiger partial charge in [0.05, 0.1) is 6.07 Å². The Morgan fingerprint density at radius 1 is 1.69 bits per heavy atom. The van der Waals surface area contributed by atoms with Crippen molar-refractivity contribution in [1.82, 2.24) is 4.90 Å². The van der Waals surface area contributed by atoms with E-state index in [-0.39, 0.29) is 11.9 Å². The van der Waals surface area contributed by atoms with Gasteiger partial charge in [0, 0.05) is 13.1 Å². The Hall–Kier alpha value is -1.04. The Bertz CT molecular complexity index is 250. The quantitative estimate of drug-likeness (QED) is 0.661. The van der Waals surface area contributed by atoms with Crippen LogP contribution >= 0.6 is 0 Å². The Labute approximate surface area is 79.3 Å². The lowest BCUT2D eigenvalue weighted by Gasteiger charge is -2.25. The third-order valence-corrected chi connectivity index (χ3v) is 2.95. The van der Waals surface area contributed by atoms with Crippen molar-refractivity contribution in [3.05, 3.63) is 0 Å². The van der Waals surface area contributed by atoms with Crippen molar-refractivity contribution in [2.45, 2.75) is 39.2 Å². The van der Waals surface area contributed by atoms with Gasteiger partial charge < -0.3 is 4.90 Å². The van der Waals surface area contributed by atoms with E-state index >= 15 is 0 Å². The van der Waals surface area contributed by atoms with Gasteiger partial charge in [0.2, 0.25) is 5.91 Å². The van der Waals surface area contributed by atoms with E-state index in [2.05, 4.69) is 6.07 Å². The van der Waals surface area contributed by atoms with Gasteiger partial charge in [-0.2, -0.15) is 5.26 Å². The largest absolute Gasteiger partial charge is 0.342 e. The molecule has 1 atom stereocenters. The monoisotopic (exact) mass is 180 g/mol. The van der Waals surface area contributed by atoms with Crippen molar-refractivity contribution in [2.75, 3.05) is 7.05 Å². The maximum atomic E-state index is 11.8. The molecule has 0 aromatic carbocycles. The molecule has 3 nitrogen and oxygen atoms in total. The zero-order chi connectivity index (χ0) is 10.1. The van der Waals surface area contributed by atoms with Crippen LogP contribution in [0.15, 0.2) is 0 Å². The predicted octanol–water partition coefficient (Wildman–Crippen LogP) is 1.55. The number of amides is 1. The number of nitrogens with zero attached hydrogens (tertiary/aromatic N) is 2. The topological polar surface area (TPSA) is 44.1 Å². The highest BCUT2D eigenvalue weighted by Gasteiger charge is 2.52. The van der Waals surface area contributed by atoms with Crippen molar-refractivity contribution < 1.29 is 4.79 Å². The second kappa shape index (κ2) is 3.37. The number of hydrogen-bond acceptors (Lipinski definition) is 2. The molecular weight excluding hydrogens is 164 g/mol. The maximum Gasteiger partial charge on any atom is 0.243 e. The molecule has 0 radical (unpaired) electrons. The first-order chi connectivity index (χ1) is 6.07. The summed E-state index contributed by atoms with van der Waals surface area (Å²) in [6.45, 7) is 4.05. The minimum Gasteiger partial charge on any atom is -0.342 e. The minimum atomic E-state index is -0.655. The van der Waals surface area contributed by atoms with Gasteiger partial charge in [0.1, 0.15) is 5.41 Å². The van der Waals surface area contributed by atoms with Crippen molar-refractivity contribution >= 4 is 5.91 Å². The smallest absolute Gasteiger partial charge is 0.243 e. The summed E-state index contributed by atoms with van der Waals surface area (Å²) in [5.41, 5.74) is -0.655. The molecule has 1 unspecified atom stereocenters. The maximum absolute atomic E-state index is 11.8. The van der Waals surface area contributed by atoms with Crippen LogP contribution in [0.4, 0.5) is 0 Å². The summed E-state index contributed by atoms with van der Waals surface area (Å²) >= 11 is 0. The summed E-state index contributed by atoms with van der Waals surface area (Å²) in [6, 6.07) is 2.36. The van der Waals surface area contributed by atoms with Gasteiger partial charge in [-0.25, -0.2) is 0 Å². The van der Waals surface area contributed by atoms with Crippen molar-refractivity contribution in [1.29, 1.82) is 5.26 Å². The number of rotatable bonds is 3. The van der Waals surface area contributed by atoms with Crippen LogP contribution < -0.4 is 0 Å². The van der Waals surface area contributed by atoms with Crippen LogP contribution in [0.3, 0.4) is 0 Å². The highest BCUT2D eigenvalue weighted by molar-refractivity contribution is 5.88. The Morgan fingerprint density at radius 3 is 2.54 bits per heavy atom. The Morgan fingerprint density at radius 2 is 2.23 bits per heavy atom. The predicted molar refractivity (Wildman–Crippen MR) is 49.8 cm³/mol. The molecule has 1 saturated carbocycles. The average molecular weight is 180 g/mol. The third kappa shape index (κ3) is 1.67. The van der Waals surface area contributed by atoms with Gasteiger partial charge in [-0.05, 0) is 26.2 Å². The molecule has 0 aromatic heterocycles. The van der Waals surface area contributed by atoms with E-state index in [9.17, 15) is 4.79 Å². The van der Waals surface area contributed by atoms with Crippen molar-refractivity contribution in [3.8, 4) is 6.07 Å². The molecule has 0 heterocycles. The molecule has 1 fully saturated rings. The van der Waals surface area contributed by atoms with Crippen molar-refractivity contribution in [2.24, 2.45) is 5.41 Å². The fourth-order valence-electron chi connectivity index (χ4n) is 1.31. The molecule has 3 heteroatoms. The van der Waals surface area contributed by atoms with Gasteiger partial charge >= 0.3 is 0 Å². The Kier molecular flexibility index (Phi) is 2.60. The van der Waals surface area contributed by atoms with E-state index in [0.29, 0.717) is 0 Å². The van der Waals surface area contributed by atoms with Crippen LogP contribution in [0, 0.1) is 16.7 Å². The normalized spacial score (nSPS) is 20.2. The van der Waals surface area contributed by atoms with Crippen LogP contribution in [0.2, 0.25) is 0 Å². The first kappa shape index (κ1) is 10.0. The van der Waals surface area contributed by atoms with E-state index < -0.39 is 5.41 Å². The molecule has 1 aliphatic rings. The highest BCUT2D eigenvalue weighted by Crippen LogP contribution is 2.46. The average Bonchev–Trinajstić information content (AvgIpc) is 2.95. The summed E-state index contributed by atoms with van der Waals surface area (Å²) in [4.78, 5) is 13.5. The van der Waals surface area contributed by atoms with Gasteiger partial charge in [0.15, 0.2) is 0 Å². The van der Waals surface area contributed by atoms with Crippen LogP contribution in [0.1, 0.15) is 33.1 Å². The molecule has 13 heavy (non-hydrogen) atoms. The minimum absolute atomic E-state index is 0.00403. The summed E-state index contributed by atoms with van der Waals surface area (Å²) in [5.74, 6) is 0.00403. The van der Waals surface area contributed by atoms with E-state index in [1.54, 1.807) is 11.9 Å². The summed E-state index contributed by atoms with van der Waals surface area (Å²) in [7, 11) is 1.79. The fraction of sp³-hybridized carbons (Fsp3) is 0.800. The zero-order valence-electron chi connectivity index (χ0n) is 8.50. The Balaban J connectivity index is 2.64. The number of nitriles is 1. The third-order valence-electron chi connectivity index (χ3n) is 2.95. The van der Waals surface area contributed by atoms with Gasteiger partial charge in [0.25, 0.3) is 0 Å². The molecule has 72 valence electrons. The molecule has 1 rings (SSSR count). The highest BCUT2D eigenvalue weighted by atomic mass is 16.2. The van der Waals surface area contributed by atoms with E-state index in [4.69, 9.17) is 5.26 Å². The molecule has 0 aliphatic heterocycles. The lowest BCUT2D eigenvalue weighted by Crippen LogP contribution is -2.39. The molecule has 0 N–H and O–H groups in total. The molecule has 1 aliphatic carbocycles. The second-order valence-corrected chi connectivity index (χ2v) is 3.87. The molecule has 0 saturated heterocycles. The lowest BCUT2D eigenvalue weighted by molar-refractivity contribution is -0.135. The zero-order valence-corrected chi connectivity index (χ0v) is 8.50. The lowest BCUT2D eigenvalue weighted by atomic mass is 10.1. The molecule has 0 spiro atoms. The van der Waals surface area contributed by atoms with Gasteiger partial charge in [-0.3, -0.25) is 4.79 Å². The van der Waals surface area contributed by atoms with E-state index in [0.717, 1.165) is 19.3 Å². The van der Waals surface area contributed by atoms with E-state index in [1.807, 2.05) is 13.8 Å². The van der Waals surface area contributed by atoms with Crippen molar-refractivity contribution in [3.63, 3.8) is 0 Å². The molecular formula is C10H16N2O. The van der Waals surface area contributed by atoms with Crippen LogP contribution in [0.25, 0.3) is 0 Å². The first-order valence-corrected chi connectivity index (χ1v) is 4.76.